The van der Waals surface area contributed by atoms with Gasteiger partial charge in [0.1, 0.15) is 12.1 Å². The molecule has 0 saturated carbocycles. The molecule has 4 nitrogen and oxygen atoms in total. The lowest BCUT2D eigenvalue weighted by Gasteiger charge is -2.25. The van der Waals surface area contributed by atoms with Crippen molar-refractivity contribution >= 4 is 107 Å². The van der Waals surface area contributed by atoms with Crippen LogP contribution in [0.15, 0.2) is 182 Å². The largest absolute Gasteiger partial charge is 0.308 e. The summed E-state index contributed by atoms with van der Waals surface area (Å²) in [6, 6.07) is 69.3. The molecule has 0 aliphatic heterocycles. The number of hydrogen-bond donors (Lipinski definition) is 0. The molecular weight excluding hydrogens is 793 g/mol. The number of nitriles is 2. The Morgan fingerprint density at radius 2 is 0.710 bits per heavy atom. The van der Waals surface area contributed by atoms with E-state index in [0.29, 0.717) is 16.8 Å². The van der Waals surface area contributed by atoms with Gasteiger partial charge in [-0.2, -0.15) is 10.5 Å². The first kappa shape index (κ1) is 34.8. The van der Waals surface area contributed by atoms with Crippen LogP contribution in [-0.4, -0.2) is 9.13 Å². The summed E-state index contributed by atoms with van der Waals surface area (Å²) >= 11 is 3.56. The van der Waals surface area contributed by atoms with Crippen LogP contribution >= 0.6 is 22.7 Å². The lowest BCUT2D eigenvalue weighted by Crippen LogP contribution is -2.11. The Bertz CT molecular complexity index is 4040. The maximum Gasteiger partial charge on any atom is 0.102 e. The maximum atomic E-state index is 11.8. The SMILES string of the molecule is N#Cc1c(-c2ccccc2)c(-n2c3ccccc3c3cc4c(cc32)sc2ccccc24)c(-c2ccccc2)c(C#N)c1-n1c2ccccc2c2cc3c(cc21)sc1ccccc13. The highest BCUT2D eigenvalue weighted by atomic mass is 32.1. The van der Waals surface area contributed by atoms with Crippen LogP contribution < -0.4 is 0 Å². The van der Waals surface area contributed by atoms with Gasteiger partial charge >= 0.3 is 0 Å². The van der Waals surface area contributed by atoms with Gasteiger partial charge in [0.15, 0.2) is 0 Å². The fourth-order valence-corrected chi connectivity index (χ4v) is 12.3. The van der Waals surface area contributed by atoms with Crippen LogP contribution in [-0.2, 0) is 0 Å². The van der Waals surface area contributed by atoms with Gasteiger partial charge in [-0.1, -0.05) is 133 Å². The van der Waals surface area contributed by atoms with Gasteiger partial charge in [-0.3, -0.25) is 0 Å². The topological polar surface area (TPSA) is 57.4 Å². The van der Waals surface area contributed by atoms with Crippen molar-refractivity contribution in [3.8, 4) is 45.8 Å². The van der Waals surface area contributed by atoms with E-state index in [0.717, 1.165) is 76.3 Å². The minimum Gasteiger partial charge on any atom is -0.308 e. The molecule has 0 saturated heterocycles. The molecule has 6 heteroatoms. The zero-order valence-corrected chi connectivity index (χ0v) is 34.6. The highest BCUT2D eigenvalue weighted by Gasteiger charge is 2.32. The van der Waals surface area contributed by atoms with E-state index in [-0.39, 0.29) is 0 Å². The molecule has 0 bridgehead atoms. The van der Waals surface area contributed by atoms with Crippen molar-refractivity contribution in [2.24, 2.45) is 0 Å². The summed E-state index contributed by atoms with van der Waals surface area (Å²) in [6.07, 6.45) is 0. The van der Waals surface area contributed by atoms with Gasteiger partial charge in [0, 0.05) is 73.0 Å². The van der Waals surface area contributed by atoms with Crippen molar-refractivity contribution in [2.45, 2.75) is 0 Å². The van der Waals surface area contributed by atoms with E-state index in [4.69, 9.17) is 0 Å². The molecular formula is C56H30N4S2. The summed E-state index contributed by atoms with van der Waals surface area (Å²) in [7, 11) is 0. The molecule has 0 spiro atoms. The van der Waals surface area contributed by atoms with E-state index in [1.54, 1.807) is 22.7 Å². The van der Waals surface area contributed by atoms with Crippen molar-refractivity contribution in [2.75, 3.05) is 0 Å². The molecule has 0 atom stereocenters. The van der Waals surface area contributed by atoms with Crippen LogP contribution in [0.25, 0.3) is 118 Å². The Labute approximate surface area is 363 Å². The predicted molar refractivity (Wildman–Crippen MR) is 261 cm³/mol. The molecule has 0 fully saturated rings. The van der Waals surface area contributed by atoms with Gasteiger partial charge in [-0.05, 0) is 59.7 Å². The molecule has 0 amide bonds. The van der Waals surface area contributed by atoms with Crippen LogP contribution in [0, 0.1) is 22.7 Å². The number of nitrogens with zero attached hydrogens (tertiary/aromatic N) is 4. The van der Waals surface area contributed by atoms with Gasteiger partial charge in [-0.25, -0.2) is 0 Å². The minimum absolute atomic E-state index is 0.440. The average Bonchev–Trinajstić information content (AvgIpc) is 4.06. The Balaban J connectivity index is 1.26. The Kier molecular flexibility index (Phi) is 7.44. The smallest absolute Gasteiger partial charge is 0.102 e. The Morgan fingerprint density at radius 3 is 1.16 bits per heavy atom. The van der Waals surface area contributed by atoms with Crippen molar-refractivity contribution in [1.82, 2.24) is 9.13 Å². The van der Waals surface area contributed by atoms with Crippen molar-refractivity contribution < 1.29 is 0 Å². The summed E-state index contributed by atoms with van der Waals surface area (Å²) in [5, 5.41) is 32.9. The number of para-hydroxylation sites is 2. The van der Waals surface area contributed by atoms with Crippen LogP contribution in [0.4, 0.5) is 0 Å². The fraction of sp³-hybridized carbons (Fsp3) is 0. The van der Waals surface area contributed by atoms with Crippen molar-refractivity contribution in [3.05, 3.63) is 193 Å². The molecule has 4 heterocycles. The molecule has 286 valence electrons. The molecule has 4 aromatic heterocycles. The quantitative estimate of drug-likeness (QED) is 0.178. The third kappa shape index (κ3) is 4.79. The highest BCUT2D eigenvalue weighted by Crippen LogP contribution is 2.50. The molecule has 13 rings (SSSR count). The predicted octanol–water partition coefficient (Wildman–Crippen LogP) is 15.7. The van der Waals surface area contributed by atoms with E-state index in [9.17, 15) is 10.5 Å². The van der Waals surface area contributed by atoms with Crippen molar-refractivity contribution in [1.29, 1.82) is 10.5 Å². The zero-order valence-electron chi connectivity index (χ0n) is 32.9. The third-order valence-corrected chi connectivity index (χ3v) is 14.9. The zero-order chi connectivity index (χ0) is 41.1. The molecule has 62 heavy (non-hydrogen) atoms. The highest BCUT2D eigenvalue weighted by molar-refractivity contribution is 7.26. The summed E-state index contributed by atoms with van der Waals surface area (Å²) in [6.45, 7) is 0. The second kappa shape index (κ2) is 13.3. The van der Waals surface area contributed by atoms with E-state index in [1.165, 1.54) is 35.6 Å². The Morgan fingerprint density at radius 1 is 0.323 bits per heavy atom. The second-order valence-electron chi connectivity index (χ2n) is 15.8. The molecule has 0 aliphatic rings. The van der Waals surface area contributed by atoms with E-state index in [1.807, 2.05) is 42.5 Å². The number of hydrogen-bond acceptors (Lipinski definition) is 4. The number of fused-ring (bicyclic) bond motifs is 12. The Hall–Kier alpha value is -8.00. The third-order valence-electron chi connectivity index (χ3n) is 12.6. The van der Waals surface area contributed by atoms with Gasteiger partial charge in [-0.15, -0.1) is 22.7 Å². The normalized spacial score (nSPS) is 11.8. The van der Waals surface area contributed by atoms with Crippen LogP contribution in [0.5, 0.6) is 0 Å². The minimum atomic E-state index is 0.440. The number of rotatable bonds is 4. The lowest BCUT2D eigenvalue weighted by molar-refractivity contribution is 1.13. The standard InChI is InChI=1S/C56H30N4S2/c57-31-43-53(33-15-3-1-4-16-33)56(60-46-24-12-8-20-36(46)40-28-42-38-22-10-14-26-50(38)62-52(42)30-48(40)60)54(34-17-5-2-6-18-34)44(32-58)55(43)59-45-23-11-7-19-35(45)39-27-41-37-21-9-13-25-49(37)61-51(41)29-47(39)59/h1-30H. The molecule has 0 aliphatic carbocycles. The van der Waals surface area contributed by atoms with E-state index in [2.05, 4.69) is 161 Å². The van der Waals surface area contributed by atoms with Crippen LogP contribution in [0.2, 0.25) is 0 Å². The van der Waals surface area contributed by atoms with Crippen molar-refractivity contribution in [3.63, 3.8) is 0 Å². The van der Waals surface area contributed by atoms with Gasteiger partial charge < -0.3 is 9.13 Å². The average molecular weight is 823 g/mol. The molecule has 0 unspecified atom stereocenters. The van der Waals surface area contributed by atoms with Gasteiger partial charge in [0.25, 0.3) is 0 Å². The van der Waals surface area contributed by atoms with Gasteiger partial charge in [0.05, 0.1) is 44.6 Å². The number of thiophene rings is 2. The first-order valence-electron chi connectivity index (χ1n) is 20.5. The summed E-state index contributed by atoms with van der Waals surface area (Å²) < 4.78 is 9.32. The number of aromatic nitrogens is 2. The number of benzene rings is 9. The first-order chi connectivity index (χ1) is 30.7. The molecule has 9 aromatic carbocycles. The molecule has 13 aromatic rings. The lowest BCUT2D eigenvalue weighted by atomic mass is 9.86. The first-order valence-corrected chi connectivity index (χ1v) is 22.2. The van der Waals surface area contributed by atoms with Crippen LogP contribution in [0.3, 0.4) is 0 Å². The molecule has 0 radical (unpaired) electrons. The summed E-state index contributed by atoms with van der Waals surface area (Å²) in [4.78, 5) is 0. The van der Waals surface area contributed by atoms with E-state index >= 15 is 0 Å². The summed E-state index contributed by atoms with van der Waals surface area (Å²) in [5.41, 5.74) is 9.50. The van der Waals surface area contributed by atoms with E-state index < -0.39 is 0 Å². The summed E-state index contributed by atoms with van der Waals surface area (Å²) in [5.74, 6) is 0. The second-order valence-corrected chi connectivity index (χ2v) is 18.0. The monoisotopic (exact) mass is 822 g/mol. The van der Waals surface area contributed by atoms with Crippen LogP contribution in [0.1, 0.15) is 11.1 Å². The fourth-order valence-electron chi connectivity index (χ4n) is 10.0. The molecule has 0 N–H and O–H groups in total. The van der Waals surface area contributed by atoms with Gasteiger partial charge in [0.2, 0.25) is 0 Å². The maximum absolute atomic E-state index is 11.8.